The summed E-state index contributed by atoms with van der Waals surface area (Å²) in [5.41, 5.74) is 4.37. The van der Waals surface area contributed by atoms with Crippen LogP contribution in [0, 0.1) is 0 Å². The van der Waals surface area contributed by atoms with Crippen LogP contribution in [-0.2, 0) is 14.3 Å². The molecule has 1 atom stereocenters. The van der Waals surface area contributed by atoms with E-state index in [1.165, 1.54) is 0 Å². The van der Waals surface area contributed by atoms with Crippen LogP contribution in [0.3, 0.4) is 0 Å². The molecule has 0 radical (unpaired) electrons. The topological polar surface area (TPSA) is 105 Å². The third-order valence-electron chi connectivity index (χ3n) is 6.15. The van der Waals surface area contributed by atoms with Crippen LogP contribution in [0.5, 0.6) is 0 Å². The summed E-state index contributed by atoms with van der Waals surface area (Å²) in [4.78, 5) is 36.5. The Morgan fingerprint density at radius 1 is 0.917 bits per heavy atom. The standard InChI is InChI=1S/C28H28N4O4/c1-17-23(27(33)34)25(19-9-11-22(12-10-19)32(3)4)24(18(2)31-17)28(35)36-26(20-7-5-13-29-15-20)21-8-6-14-30-16-21/h5-16,25-26,31H,1-4H3,(H,33,34). The Morgan fingerprint density at radius 3 is 1.94 bits per heavy atom. The Labute approximate surface area is 210 Å². The molecule has 0 saturated carbocycles. The van der Waals surface area contributed by atoms with Gasteiger partial charge in [-0.1, -0.05) is 24.3 Å². The second kappa shape index (κ2) is 10.4. The number of anilines is 1. The van der Waals surface area contributed by atoms with Crippen LogP contribution in [0.15, 0.2) is 95.9 Å². The number of carbonyl (C=O) groups is 2. The number of esters is 1. The molecule has 1 aliphatic rings. The molecule has 1 aromatic carbocycles. The van der Waals surface area contributed by atoms with Gasteiger partial charge in [-0.15, -0.1) is 0 Å². The number of ether oxygens (including phenoxy) is 1. The quantitative estimate of drug-likeness (QED) is 0.481. The van der Waals surface area contributed by atoms with E-state index in [0.29, 0.717) is 28.1 Å². The summed E-state index contributed by atoms with van der Waals surface area (Å²) in [5.74, 6) is -2.53. The first-order valence-electron chi connectivity index (χ1n) is 11.5. The fourth-order valence-corrected chi connectivity index (χ4v) is 4.41. The average molecular weight is 485 g/mol. The predicted octanol–water partition coefficient (Wildman–Crippen LogP) is 4.19. The van der Waals surface area contributed by atoms with Gasteiger partial charge in [0, 0.05) is 67.1 Å². The summed E-state index contributed by atoms with van der Waals surface area (Å²) in [6.45, 7) is 3.45. The number of aromatic nitrogens is 2. The number of rotatable bonds is 7. The molecule has 0 amide bonds. The second-order valence-electron chi connectivity index (χ2n) is 8.78. The molecular formula is C28H28N4O4. The minimum Gasteiger partial charge on any atom is -0.478 e. The number of hydrogen-bond donors (Lipinski definition) is 2. The molecular weight excluding hydrogens is 456 g/mol. The molecule has 0 aliphatic carbocycles. The van der Waals surface area contributed by atoms with Gasteiger partial charge in [0.05, 0.1) is 17.1 Å². The first kappa shape index (κ1) is 24.7. The van der Waals surface area contributed by atoms with E-state index in [2.05, 4.69) is 15.3 Å². The lowest BCUT2D eigenvalue weighted by molar-refractivity contribution is -0.143. The van der Waals surface area contributed by atoms with Gasteiger partial charge >= 0.3 is 11.9 Å². The fraction of sp³-hybridized carbons (Fsp3) is 0.214. The van der Waals surface area contributed by atoms with Crippen molar-refractivity contribution in [2.45, 2.75) is 25.9 Å². The third-order valence-corrected chi connectivity index (χ3v) is 6.15. The van der Waals surface area contributed by atoms with Crippen molar-refractivity contribution in [3.05, 3.63) is 113 Å². The van der Waals surface area contributed by atoms with Crippen LogP contribution in [-0.4, -0.2) is 41.1 Å². The molecule has 8 nitrogen and oxygen atoms in total. The van der Waals surface area contributed by atoms with E-state index in [4.69, 9.17) is 4.74 Å². The number of carbonyl (C=O) groups excluding carboxylic acids is 1. The monoisotopic (exact) mass is 484 g/mol. The molecule has 2 N–H and O–H groups in total. The zero-order chi connectivity index (χ0) is 25.8. The zero-order valence-electron chi connectivity index (χ0n) is 20.6. The predicted molar refractivity (Wildman–Crippen MR) is 136 cm³/mol. The summed E-state index contributed by atoms with van der Waals surface area (Å²) >= 11 is 0. The molecule has 1 aliphatic heterocycles. The maximum absolute atomic E-state index is 13.8. The van der Waals surface area contributed by atoms with Gasteiger partial charge in [0.2, 0.25) is 0 Å². The van der Waals surface area contributed by atoms with Crippen molar-refractivity contribution in [3.8, 4) is 0 Å². The van der Waals surface area contributed by atoms with Crippen LogP contribution in [0.25, 0.3) is 0 Å². The van der Waals surface area contributed by atoms with Gasteiger partial charge in [0.15, 0.2) is 6.10 Å². The van der Waals surface area contributed by atoms with Crippen LogP contribution >= 0.6 is 0 Å². The molecule has 8 heteroatoms. The lowest BCUT2D eigenvalue weighted by Crippen LogP contribution is -2.32. The number of carboxylic acids is 1. The van der Waals surface area contributed by atoms with Gasteiger partial charge in [0.1, 0.15) is 0 Å². The number of aliphatic carboxylic acids is 1. The number of carboxylic acid groups (broad SMARTS) is 1. The molecule has 4 rings (SSSR count). The zero-order valence-corrected chi connectivity index (χ0v) is 20.6. The highest BCUT2D eigenvalue weighted by molar-refractivity contribution is 5.99. The van der Waals surface area contributed by atoms with E-state index >= 15 is 0 Å². The van der Waals surface area contributed by atoms with Gasteiger partial charge in [0.25, 0.3) is 0 Å². The van der Waals surface area contributed by atoms with Crippen LogP contribution in [0.1, 0.15) is 42.6 Å². The van der Waals surface area contributed by atoms with E-state index < -0.39 is 24.0 Å². The molecule has 0 spiro atoms. The highest BCUT2D eigenvalue weighted by Gasteiger charge is 2.38. The van der Waals surface area contributed by atoms with Crippen molar-refractivity contribution >= 4 is 17.6 Å². The summed E-state index contributed by atoms with van der Waals surface area (Å²) in [5, 5.41) is 13.2. The Kier molecular flexibility index (Phi) is 7.15. The van der Waals surface area contributed by atoms with Crippen molar-refractivity contribution in [3.63, 3.8) is 0 Å². The minimum atomic E-state index is -1.10. The fourth-order valence-electron chi connectivity index (χ4n) is 4.41. The average Bonchev–Trinajstić information content (AvgIpc) is 2.87. The Hall–Kier alpha value is -4.46. The Morgan fingerprint density at radius 2 is 1.47 bits per heavy atom. The number of dihydropyridines is 1. The van der Waals surface area contributed by atoms with E-state index in [1.54, 1.807) is 50.8 Å². The number of nitrogens with one attached hydrogen (secondary N) is 1. The highest BCUT2D eigenvalue weighted by atomic mass is 16.5. The van der Waals surface area contributed by atoms with Crippen molar-refractivity contribution < 1.29 is 19.4 Å². The number of hydrogen-bond acceptors (Lipinski definition) is 7. The van der Waals surface area contributed by atoms with Gasteiger partial charge in [-0.3, -0.25) is 9.97 Å². The largest absolute Gasteiger partial charge is 0.478 e. The van der Waals surface area contributed by atoms with Crippen LogP contribution in [0.4, 0.5) is 5.69 Å². The molecule has 0 saturated heterocycles. The van der Waals surface area contributed by atoms with E-state index in [9.17, 15) is 14.7 Å². The van der Waals surface area contributed by atoms with Crippen molar-refractivity contribution in [1.82, 2.24) is 15.3 Å². The normalized spacial score (nSPS) is 15.5. The SMILES string of the molecule is CC1=C(C(=O)O)C(c2ccc(N(C)C)cc2)C(C(=O)OC(c2cccnc2)c2cccnc2)=C(C)N1. The molecule has 36 heavy (non-hydrogen) atoms. The lowest BCUT2D eigenvalue weighted by Gasteiger charge is -2.31. The van der Waals surface area contributed by atoms with Gasteiger partial charge in [-0.25, -0.2) is 9.59 Å². The maximum atomic E-state index is 13.8. The van der Waals surface area contributed by atoms with Crippen LogP contribution in [0.2, 0.25) is 0 Å². The third kappa shape index (κ3) is 4.98. The van der Waals surface area contributed by atoms with Crippen molar-refractivity contribution in [1.29, 1.82) is 0 Å². The highest BCUT2D eigenvalue weighted by Crippen LogP contribution is 2.40. The smallest absolute Gasteiger partial charge is 0.337 e. The van der Waals surface area contributed by atoms with Crippen molar-refractivity contribution in [2.75, 3.05) is 19.0 Å². The van der Waals surface area contributed by atoms with E-state index in [0.717, 1.165) is 5.69 Å². The Balaban J connectivity index is 1.78. The first-order chi connectivity index (χ1) is 17.3. The maximum Gasteiger partial charge on any atom is 0.337 e. The van der Waals surface area contributed by atoms with Crippen molar-refractivity contribution in [2.24, 2.45) is 0 Å². The molecule has 184 valence electrons. The summed E-state index contributed by atoms with van der Waals surface area (Å²) in [7, 11) is 3.85. The molecule has 2 aromatic heterocycles. The van der Waals surface area contributed by atoms with Gasteiger partial charge in [-0.2, -0.15) is 0 Å². The lowest BCUT2D eigenvalue weighted by atomic mass is 9.80. The summed E-state index contributed by atoms with van der Waals surface area (Å²) in [6.07, 6.45) is 5.79. The molecule has 1 unspecified atom stereocenters. The first-order valence-corrected chi connectivity index (χ1v) is 11.5. The number of allylic oxidation sites excluding steroid dienone is 2. The number of nitrogens with zero attached hydrogens (tertiary/aromatic N) is 3. The second-order valence-corrected chi connectivity index (χ2v) is 8.78. The minimum absolute atomic E-state index is 0.101. The number of benzene rings is 1. The molecule has 3 aromatic rings. The van der Waals surface area contributed by atoms with Gasteiger partial charge in [-0.05, 0) is 43.7 Å². The van der Waals surface area contributed by atoms with E-state index in [1.807, 2.05) is 55.4 Å². The molecule has 3 heterocycles. The molecule has 0 fully saturated rings. The van der Waals surface area contributed by atoms with Gasteiger partial charge < -0.3 is 20.1 Å². The Bertz CT molecular complexity index is 1280. The summed E-state index contributed by atoms with van der Waals surface area (Å²) in [6, 6.07) is 14.7. The number of pyridine rings is 2. The molecule has 0 bridgehead atoms. The van der Waals surface area contributed by atoms with E-state index in [-0.39, 0.29) is 11.1 Å². The van der Waals surface area contributed by atoms with Crippen LogP contribution < -0.4 is 10.2 Å². The summed E-state index contributed by atoms with van der Waals surface area (Å²) < 4.78 is 6.07.